The third kappa shape index (κ3) is 2.22. The van der Waals surface area contributed by atoms with Crippen molar-refractivity contribution in [2.24, 2.45) is 5.41 Å². The van der Waals surface area contributed by atoms with Crippen molar-refractivity contribution < 1.29 is 9.84 Å². The van der Waals surface area contributed by atoms with E-state index in [1.165, 1.54) is 0 Å². The Morgan fingerprint density at radius 1 is 1.60 bits per heavy atom. The standard InChI is InChI=1S/C11H17NO2S/c1-8(2)9-4-15-10(12-9)3-11(5-13)6-14-7-11/h4,8,13H,3,5-7H2,1-2H3. The van der Waals surface area contributed by atoms with Gasteiger partial charge in [0.25, 0.3) is 0 Å². The van der Waals surface area contributed by atoms with Gasteiger partial charge >= 0.3 is 0 Å². The van der Waals surface area contributed by atoms with Crippen molar-refractivity contribution in [3.05, 3.63) is 16.1 Å². The van der Waals surface area contributed by atoms with E-state index in [1.54, 1.807) is 11.3 Å². The summed E-state index contributed by atoms with van der Waals surface area (Å²) in [6, 6.07) is 0. The van der Waals surface area contributed by atoms with E-state index in [9.17, 15) is 5.11 Å². The van der Waals surface area contributed by atoms with Crippen LogP contribution in [-0.2, 0) is 11.2 Å². The predicted octanol–water partition coefficient (Wildman–Crippen LogP) is 1.82. The molecule has 0 saturated carbocycles. The molecule has 1 aliphatic rings. The van der Waals surface area contributed by atoms with E-state index in [0.29, 0.717) is 19.1 Å². The van der Waals surface area contributed by atoms with Gasteiger partial charge in [-0.1, -0.05) is 13.8 Å². The average molecular weight is 227 g/mol. The Morgan fingerprint density at radius 2 is 2.33 bits per heavy atom. The molecule has 84 valence electrons. The minimum absolute atomic E-state index is 0.0495. The zero-order chi connectivity index (χ0) is 10.9. The first-order valence-electron chi connectivity index (χ1n) is 5.28. The largest absolute Gasteiger partial charge is 0.396 e. The first-order chi connectivity index (χ1) is 7.15. The number of rotatable bonds is 4. The lowest BCUT2D eigenvalue weighted by Crippen LogP contribution is -2.47. The quantitative estimate of drug-likeness (QED) is 0.853. The normalized spacial score (nSPS) is 19.2. The average Bonchev–Trinajstić information content (AvgIpc) is 2.59. The number of nitrogens with zero attached hydrogens (tertiary/aromatic N) is 1. The number of ether oxygens (including phenoxy) is 1. The maximum absolute atomic E-state index is 9.31. The second-order valence-electron chi connectivity index (χ2n) is 4.65. The van der Waals surface area contributed by atoms with Gasteiger partial charge in [-0.15, -0.1) is 11.3 Å². The van der Waals surface area contributed by atoms with E-state index in [1.807, 2.05) is 0 Å². The second kappa shape index (κ2) is 4.20. The molecule has 0 aliphatic carbocycles. The predicted molar refractivity (Wildman–Crippen MR) is 60.2 cm³/mol. The van der Waals surface area contributed by atoms with E-state index < -0.39 is 0 Å². The summed E-state index contributed by atoms with van der Waals surface area (Å²) in [5, 5.41) is 12.5. The molecule has 1 aliphatic heterocycles. The van der Waals surface area contributed by atoms with Crippen LogP contribution in [0.3, 0.4) is 0 Å². The smallest absolute Gasteiger partial charge is 0.0936 e. The molecular formula is C11H17NO2S. The van der Waals surface area contributed by atoms with Crippen LogP contribution in [0, 0.1) is 5.41 Å². The molecule has 2 rings (SSSR count). The Kier molecular flexibility index (Phi) is 3.09. The van der Waals surface area contributed by atoms with E-state index in [0.717, 1.165) is 17.1 Å². The van der Waals surface area contributed by atoms with E-state index in [-0.39, 0.29) is 12.0 Å². The van der Waals surface area contributed by atoms with E-state index in [2.05, 4.69) is 24.2 Å². The zero-order valence-corrected chi connectivity index (χ0v) is 10.0. The van der Waals surface area contributed by atoms with Crippen LogP contribution in [0.25, 0.3) is 0 Å². The summed E-state index contributed by atoms with van der Waals surface area (Å²) in [5.74, 6) is 0.484. The highest BCUT2D eigenvalue weighted by molar-refractivity contribution is 7.09. The van der Waals surface area contributed by atoms with Gasteiger partial charge in [0, 0.05) is 17.2 Å². The van der Waals surface area contributed by atoms with Crippen molar-refractivity contribution in [3.8, 4) is 0 Å². The number of thiazole rings is 1. The summed E-state index contributed by atoms with van der Waals surface area (Å²) in [6.07, 6.45) is 0.848. The monoisotopic (exact) mass is 227 g/mol. The molecule has 15 heavy (non-hydrogen) atoms. The highest BCUT2D eigenvalue weighted by Gasteiger charge is 2.38. The molecule has 0 aromatic carbocycles. The Bertz CT molecular complexity index is 326. The van der Waals surface area contributed by atoms with Crippen LogP contribution >= 0.6 is 11.3 Å². The molecule has 0 radical (unpaired) electrons. The maximum Gasteiger partial charge on any atom is 0.0936 e. The third-order valence-electron chi connectivity index (χ3n) is 2.84. The van der Waals surface area contributed by atoms with Crippen molar-refractivity contribution in [2.45, 2.75) is 26.2 Å². The van der Waals surface area contributed by atoms with Crippen molar-refractivity contribution in [3.63, 3.8) is 0 Å². The Morgan fingerprint density at radius 3 is 2.73 bits per heavy atom. The van der Waals surface area contributed by atoms with Crippen molar-refractivity contribution in [1.29, 1.82) is 0 Å². The Labute approximate surface area is 94.1 Å². The Balaban J connectivity index is 2.04. The van der Waals surface area contributed by atoms with Crippen LogP contribution in [0.5, 0.6) is 0 Å². The fourth-order valence-electron chi connectivity index (χ4n) is 1.63. The van der Waals surface area contributed by atoms with E-state index >= 15 is 0 Å². The molecule has 3 nitrogen and oxygen atoms in total. The van der Waals surface area contributed by atoms with Gasteiger partial charge in [0.2, 0.25) is 0 Å². The summed E-state index contributed by atoms with van der Waals surface area (Å²) < 4.78 is 5.17. The van der Waals surface area contributed by atoms with Gasteiger partial charge in [-0.3, -0.25) is 0 Å². The molecule has 2 heterocycles. The third-order valence-corrected chi connectivity index (χ3v) is 3.71. The lowest BCUT2D eigenvalue weighted by atomic mass is 9.84. The van der Waals surface area contributed by atoms with Crippen molar-refractivity contribution >= 4 is 11.3 Å². The lowest BCUT2D eigenvalue weighted by molar-refractivity contribution is -0.136. The maximum atomic E-state index is 9.31. The van der Waals surface area contributed by atoms with Gasteiger partial charge < -0.3 is 9.84 Å². The topological polar surface area (TPSA) is 42.4 Å². The van der Waals surface area contributed by atoms with Gasteiger partial charge in [0.1, 0.15) is 0 Å². The van der Waals surface area contributed by atoms with E-state index in [4.69, 9.17) is 4.74 Å². The second-order valence-corrected chi connectivity index (χ2v) is 5.59. The molecule has 1 aromatic rings. The molecular weight excluding hydrogens is 210 g/mol. The van der Waals surface area contributed by atoms with Crippen molar-refractivity contribution in [2.75, 3.05) is 19.8 Å². The summed E-state index contributed by atoms with van der Waals surface area (Å²) >= 11 is 1.69. The highest BCUT2D eigenvalue weighted by atomic mass is 32.1. The van der Waals surface area contributed by atoms with Gasteiger partial charge in [-0.2, -0.15) is 0 Å². The molecule has 0 unspecified atom stereocenters. The van der Waals surface area contributed by atoms with Gasteiger partial charge in [0.15, 0.2) is 0 Å². The van der Waals surface area contributed by atoms with Crippen molar-refractivity contribution in [1.82, 2.24) is 4.98 Å². The molecule has 0 bridgehead atoms. The number of hydrogen-bond acceptors (Lipinski definition) is 4. The molecule has 1 saturated heterocycles. The molecule has 0 atom stereocenters. The zero-order valence-electron chi connectivity index (χ0n) is 9.19. The molecule has 0 spiro atoms. The van der Waals surface area contributed by atoms with Crippen LogP contribution in [0.2, 0.25) is 0 Å². The minimum atomic E-state index is -0.0495. The summed E-state index contributed by atoms with van der Waals surface area (Å²) in [4.78, 5) is 4.58. The number of hydrogen-bond donors (Lipinski definition) is 1. The van der Waals surface area contributed by atoms with Crippen LogP contribution in [-0.4, -0.2) is 29.9 Å². The van der Waals surface area contributed by atoms with Crippen LogP contribution in [0.1, 0.15) is 30.5 Å². The first kappa shape index (κ1) is 11.0. The van der Waals surface area contributed by atoms with Gasteiger partial charge in [-0.05, 0) is 5.92 Å². The minimum Gasteiger partial charge on any atom is -0.396 e. The lowest BCUT2D eigenvalue weighted by Gasteiger charge is -2.39. The summed E-state index contributed by atoms with van der Waals surface area (Å²) in [6.45, 7) is 5.82. The summed E-state index contributed by atoms with van der Waals surface area (Å²) in [5.41, 5.74) is 1.11. The molecule has 0 amide bonds. The van der Waals surface area contributed by atoms with Crippen LogP contribution in [0.4, 0.5) is 0 Å². The molecule has 4 heteroatoms. The summed E-state index contributed by atoms with van der Waals surface area (Å²) in [7, 11) is 0. The number of aliphatic hydroxyl groups excluding tert-OH is 1. The van der Waals surface area contributed by atoms with Crippen LogP contribution in [0.15, 0.2) is 5.38 Å². The highest BCUT2D eigenvalue weighted by Crippen LogP contribution is 2.32. The van der Waals surface area contributed by atoms with Gasteiger partial charge in [0.05, 0.1) is 30.5 Å². The van der Waals surface area contributed by atoms with Crippen LogP contribution < -0.4 is 0 Å². The SMILES string of the molecule is CC(C)c1csc(CC2(CO)COC2)n1. The molecule has 1 aromatic heterocycles. The van der Waals surface area contributed by atoms with Gasteiger partial charge in [-0.25, -0.2) is 4.98 Å². The molecule has 1 N–H and O–H groups in total. The fourth-order valence-corrected chi connectivity index (χ4v) is 2.76. The fraction of sp³-hybridized carbons (Fsp3) is 0.727. The first-order valence-corrected chi connectivity index (χ1v) is 6.16. The number of aliphatic hydroxyl groups is 1. The number of aromatic nitrogens is 1. The molecule has 1 fully saturated rings. The Hall–Kier alpha value is -0.450.